The van der Waals surface area contributed by atoms with Gasteiger partial charge < -0.3 is 10.0 Å². The first-order valence-electron chi connectivity index (χ1n) is 5.92. The monoisotopic (exact) mass is 247 g/mol. The average molecular weight is 248 g/mol. The summed E-state index contributed by atoms with van der Waals surface area (Å²) >= 11 is 6.14. The Morgan fingerprint density at radius 3 is 2.41 bits per heavy atom. The molecule has 0 amide bonds. The minimum atomic E-state index is 0.173. The normalized spacial score (nSPS) is 15.7. The van der Waals surface area contributed by atoms with Gasteiger partial charge in [-0.2, -0.15) is 0 Å². The van der Waals surface area contributed by atoms with Crippen molar-refractivity contribution in [2.24, 2.45) is 0 Å². The third kappa shape index (κ3) is 1.73. The van der Waals surface area contributed by atoms with Crippen LogP contribution in [0, 0.1) is 0 Å². The highest BCUT2D eigenvalue weighted by Gasteiger charge is 2.17. The van der Waals surface area contributed by atoms with E-state index in [0.29, 0.717) is 5.02 Å². The van der Waals surface area contributed by atoms with Crippen LogP contribution in [0.2, 0.25) is 5.02 Å². The number of fused-ring (bicyclic) bond motifs is 1. The Bertz CT molecular complexity index is 561. The first-order chi connectivity index (χ1) is 8.27. The van der Waals surface area contributed by atoms with E-state index < -0.39 is 0 Å². The van der Waals surface area contributed by atoms with Crippen molar-refractivity contribution >= 4 is 28.1 Å². The lowest BCUT2D eigenvalue weighted by atomic mass is 10.1. The van der Waals surface area contributed by atoms with Crippen LogP contribution in [0.5, 0.6) is 5.75 Å². The van der Waals surface area contributed by atoms with Crippen LogP contribution in [0.25, 0.3) is 10.8 Å². The number of aromatic hydroxyl groups is 1. The van der Waals surface area contributed by atoms with E-state index in [2.05, 4.69) is 11.0 Å². The zero-order valence-corrected chi connectivity index (χ0v) is 10.2. The lowest BCUT2D eigenvalue weighted by Crippen LogP contribution is -2.17. The summed E-state index contributed by atoms with van der Waals surface area (Å²) in [5.41, 5.74) is 1.10. The zero-order valence-electron chi connectivity index (χ0n) is 9.49. The number of rotatable bonds is 1. The molecule has 3 rings (SSSR count). The van der Waals surface area contributed by atoms with E-state index in [9.17, 15) is 5.11 Å². The standard InChI is InChI=1S/C14H14ClNO/c15-14-11-6-2-1-5-10(11)12(9-13(14)17)16-7-3-4-8-16/h1-2,5-6,9,17H,3-4,7-8H2. The van der Waals surface area contributed by atoms with Crippen molar-refractivity contribution in [3.05, 3.63) is 35.4 Å². The second-order valence-electron chi connectivity index (χ2n) is 4.47. The molecule has 0 aromatic heterocycles. The Morgan fingerprint density at radius 1 is 1.06 bits per heavy atom. The van der Waals surface area contributed by atoms with E-state index >= 15 is 0 Å². The van der Waals surface area contributed by atoms with E-state index in [-0.39, 0.29) is 5.75 Å². The summed E-state index contributed by atoms with van der Waals surface area (Å²) in [6, 6.07) is 9.76. The number of hydrogen-bond acceptors (Lipinski definition) is 2. The zero-order chi connectivity index (χ0) is 11.8. The van der Waals surface area contributed by atoms with Gasteiger partial charge in [-0.1, -0.05) is 35.9 Å². The minimum absolute atomic E-state index is 0.173. The van der Waals surface area contributed by atoms with Gasteiger partial charge in [0.2, 0.25) is 0 Å². The first kappa shape index (κ1) is 10.7. The van der Waals surface area contributed by atoms with Gasteiger partial charge in [0, 0.05) is 35.6 Å². The third-order valence-electron chi connectivity index (χ3n) is 3.38. The van der Waals surface area contributed by atoms with E-state index in [0.717, 1.165) is 29.5 Å². The number of halogens is 1. The maximum absolute atomic E-state index is 9.90. The fourth-order valence-electron chi connectivity index (χ4n) is 2.53. The summed E-state index contributed by atoms with van der Waals surface area (Å²) in [6.07, 6.45) is 2.44. The van der Waals surface area contributed by atoms with Crippen LogP contribution in [0.15, 0.2) is 30.3 Å². The lowest BCUT2D eigenvalue weighted by Gasteiger charge is -2.20. The molecule has 0 spiro atoms. The number of nitrogens with zero attached hydrogens (tertiary/aromatic N) is 1. The van der Waals surface area contributed by atoms with Crippen LogP contribution >= 0.6 is 11.6 Å². The predicted molar refractivity (Wildman–Crippen MR) is 72.1 cm³/mol. The van der Waals surface area contributed by atoms with Gasteiger partial charge in [-0.25, -0.2) is 0 Å². The molecule has 0 radical (unpaired) electrons. The molecule has 1 fully saturated rings. The largest absolute Gasteiger partial charge is 0.506 e. The molecule has 17 heavy (non-hydrogen) atoms. The van der Waals surface area contributed by atoms with Crippen LogP contribution in [0.3, 0.4) is 0 Å². The van der Waals surface area contributed by atoms with Crippen molar-refractivity contribution in [3.8, 4) is 5.75 Å². The van der Waals surface area contributed by atoms with Gasteiger partial charge >= 0.3 is 0 Å². The van der Waals surface area contributed by atoms with Crippen LogP contribution < -0.4 is 4.90 Å². The highest BCUT2D eigenvalue weighted by atomic mass is 35.5. The molecule has 0 saturated carbocycles. The van der Waals surface area contributed by atoms with E-state index in [1.165, 1.54) is 12.8 Å². The molecule has 1 saturated heterocycles. The number of phenols is 1. The van der Waals surface area contributed by atoms with Gasteiger partial charge in [-0.3, -0.25) is 0 Å². The predicted octanol–water partition coefficient (Wildman–Crippen LogP) is 3.80. The number of hydrogen-bond donors (Lipinski definition) is 1. The van der Waals surface area contributed by atoms with Crippen LogP contribution in [0.4, 0.5) is 5.69 Å². The Balaban J connectivity index is 2.26. The Kier molecular flexibility index (Phi) is 2.60. The fourth-order valence-corrected chi connectivity index (χ4v) is 2.75. The summed E-state index contributed by atoms with van der Waals surface area (Å²) in [6.45, 7) is 2.12. The van der Waals surface area contributed by atoms with Crippen LogP contribution in [-0.4, -0.2) is 18.2 Å². The minimum Gasteiger partial charge on any atom is -0.506 e. The van der Waals surface area contributed by atoms with Crippen LogP contribution in [-0.2, 0) is 0 Å². The molecule has 88 valence electrons. The summed E-state index contributed by atoms with van der Waals surface area (Å²) < 4.78 is 0. The number of benzene rings is 2. The molecular weight excluding hydrogens is 234 g/mol. The summed E-state index contributed by atoms with van der Waals surface area (Å²) in [4.78, 5) is 2.32. The summed E-state index contributed by atoms with van der Waals surface area (Å²) in [5.74, 6) is 0.173. The molecule has 0 unspecified atom stereocenters. The van der Waals surface area contributed by atoms with Gasteiger partial charge in [-0.05, 0) is 12.8 Å². The molecule has 3 heteroatoms. The maximum atomic E-state index is 9.90. The highest BCUT2D eigenvalue weighted by molar-refractivity contribution is 6.37. The van der Waals surface area contributed by atoms with Gasteiger partial charge in [0.05, 0.1) is 5.02 Å². The average Bonchev–Trinajstić information content (AvgIpc) is 2.87. The molecule has 1 aliphatic heterocycles. The molecule has 2 nitrogen and oxygen atoms in total. The molecule has 0 bridgehead atoms. The second-order valence-corrected chi connectivity index (χ2v) is 4.85. The molecule has 2 aromatic rings. The SMILES string of the molecule is Oc1cc(N2CCCC2)c2ccccc2c1Cl. The van der Waals surface area contributed by atoms with Gasteiger partial charge in [-0.15, -0.1) is 0 Å². The Labute approximate surface area is 105 Å². The van der Waals surface area contributed by atoms with Crippen molar-refractivity contribution in [3.63, 3.8) is 0 Å². The van der Waals surface area contributed by atoms with E-state index in [1.807, 2.05) is 18.2 Å². The maximum Gasteiger partial charge on any atom is 0.136 e. The van der Waals surface area contributed by atoms with E-state index in [1.54, 1.807) is 6.07 Å². The van der Waals surface area contributed by atoms with E-state index in [4.69, 9.17) is 11.6 Å². The van der Waals surface area contributed by atoms with Gasteiger partial charge in [0.15, 0.2) is 0 Å². The second kappa shape index (κ2) is 4.11. The molecular formula is C14H14ClNO. The molecule has 1 aliphatic rings. The van der Waals surface area contributed by atoms with Crippen molar-refractivity contribution < 1.29 is 5.11 Å². The lowest BCUT2D eigenvalue weighted by molar-refractivity contribution is 0.476. The third-order valence-corrected chi connectivity index (χ3v) is 3.78. The van der Waals surface area contributed by atoms with Crippen molar-refractivity contribution in [2.45, 2.75) is 12.8 Å². The highest BCUT2D eigenvalue weighted by Crippen LogP contribution is 2.39. The summed E-state index contributed by atoms with van der Waals surface area (Å²) in [5, 5.41) is 12.4. The fraction of sp³-hybridized carbons (Fsp3) is 0.286. The smallest absolute Gasteiger partial charge is 0.136 e. The van der Waals surface area contributed by atoms with Gasteiger partial charge in [0.1, 0.15) is 5.75 Å². The van der Waals surface area contributed by atoms with Gasteiger partial charge in [0.25, 0.3) is 0 Å². The quantitative estimate of drug-likeness (QED) is 0.829. The van der Waals surface area contributed by atoms with Crippen molar-refractivity contribution in [1.82, 2.24) is 0 Å². The summed E-state index contributed by atoms with van der Waals surface area (Å²) in [7, 11) is 0. The Morgan fingerprint density at radius 2 is 1.71 bits per heavy atom. The number of anilines is 1. The molecule has 1 N–H and O–H groups in total. The first-order valence-corrected chi connectivity index (χ1v) is 6.30. The molecule has 1 heterocycles. The van der Waals surface area contributed by atoms with Crippen LogP contribution in [0.1, 0.15) is 12.8 Å². The number of phenolic OH excluding ortho intramolecular Hbond substituents is 1. The topological polar surface area (TPSA) is 23.5 Å². The van der Waals surface area contributed by atoms with Crippen molar-refractivity contribution in [1.29, 1.82) is 0 Å². The molecule has 0 aliphatic carbocycles. The molecule has 0 atom stereocenters. The van der Waals surface area contributed by atoms with Crippen molar-refractivity contribution in [2.75, 3.05) is 18.0 Å². The molecule has 2 aromatic carbocycles. The Hall–Kier alpha value is -1.41.